The van der Waals surface area contributed by atoms with Gasteiger partial charge in [0.25, 0.3) is 0 Å². The molecule has 0 heterocycles. The van der Waals surface area contributed by atoms with Crippen LogP contribution in [0.1, 0.15) is 40.5 Å². The number of rotatable bonds is 10. The Bertz CT molecular complexity index is 339. The molecule has 0 unspecified atom stereocenters. The van der Waals surface area contributed by atoms with E-state index in [9.17, 15) is 0 Å². The van der Waals surface area contributed by atoms with E-state index in [-0.39, 0.29) is 11.1 Å². The van der Waals surface area contributed by atoms with Crippen molar-refractivity contribution in [1.82, 2.24) is 0 Å². The van der Waals surface area contributed by atoms with E-state index in [1.54, 1.807) is 0 Å². The molecule has 4 N–H and O–H groups in total. The Morgan fingerprint density at radius 2 is 0.913 bits per heavy atom. The first kappa shape index (κ1) is 23.5. The van der Waals surface area contributed by atoms with E-state index in [4.69, 9.17) is 19.7 Å². The summed E-state index contributed by atoms with van der Waals surface area (Å²) in [4.78, 5) is 0. The predicted molar refractivity (Wildman–Crippen MR) is 110 cm³/mol. The Labute approximate surface area is 148 Å². The number of nitrogens with two attached hydrogens (primary N) is 2. The van der Waals surface area contributed by atoms with Gasteiger partial charge in [0.05, 0.1) is 0 Å². The topological polar surface area (TPSA) is 70.5 Å². The van der Waals surface area contributed by atoms with Crippen molar-refractivity contribution in [2.75, 3.05) is 0 Å². The lowest BCUT2D eigenvalue weighted by Crippen LogP contribution is -2.53. The van der Waals surface area contributed by atoms with Crippen molar-refractivity contribution in [2.45, 2.75) is 103 Å². The van der Waals surface area contributed by atoms with Crippen LogP contribution < -0.4 is 11.5 Å². The Kier molecular flexibility index (Phi) is 7.97. The molecule has 0 aliphatic rings. The van der Waals surface area contributed by atoms with Crippen LogP contribution >= 0.6 is 0 Å². The Morgan fingerprint density at radius 3 is 1.13 bits per heavy atom. The summed E-state index contributed by atoms with van der Waals surface area (Å²) in [6, 6.07) is 2.15. The maximum absolute atomic E-state index is 6.59. The van der Waals surface area contributed by atoms with E-state index < -0.39 is 25.2 Å². The lowest BCUT2D eigenvalue weighted by Gasteiger charge is -2.40. The van der Waals surface area contributed by atoms with E-state index in [0.717, 1.165) is 24.9 Å². The van der Waals surface area contributed by atoms with Gasteiger partial charge in [-0.1, -0.05) is 0 Å². The molecule has 0 radical (unpaired) electrons. The molecule has 0 spiro atoms. The third-order valence-electron chi connectivity index (χ3n) is 3.79. The molecule has 0 rings (SSSR count). The normalized spacial score (nSPS) is 15.1. The summed E-state index contributed by atoms with van der Waals surface area (Å²) >= 11 is 0. The molecule has 0 bridgehead atoms. The van der Waals surface area contributed by atoms with Gasteiger partial charge in [0.2, 0.25) is 0 Å². The minimum atomic E-state index is -2.12. The molecule has 0 fully saturated rings. The minimum absolute atomic E-state index is 0.124. The van der Waals surface area contributed by atoms with Gasteiger partial charge in [-0.3, -0.25) is 0 Å². The van der Waals surface area contributed by atoms with Gasteiger partial charge in [-0.05, 0) is 91.9 Å². The van der Waals surface area contributed by atoms with Crippen LogP contribution in [0.4, 0.5) is 0 Å². The van der Waals surface area contributed by atoms with Crippen LogP contribution in [0.25, 0.3) is 0 Å². The van der Waals surface area contributed by atoms with Crippen molar-refractivity contribution in [3.63, 3.8) is 0 Å². The third kappa shape index (κ3) is 13.5. The van der Waals surface area contributed by atoms with Crippen molar-refractivity contribution in [3.05, 3.63) is 0 Å². The van der Waals surface area contributed by atoms with Crippen LogP contribution in [0.3, 0.4) is 0 Å². The van der Waals surface area contributed by atoms with Crippen LogP contribution in [0.15, 0.2) is 0 Å². The first-order valence-electron chi connectivity index (χ1n) is 8.81. The third-order valence-corrected chi connectivity index (χ3v) is 15.0. The molecule has 0 atom stereocenters. The standard InChI is InChI=1S/C16H42N2O2Si3/c1-15(2,17)11-13-21(5,6)19-23(9,10)20-22(7,8)14-12-16(3,4)18/h11-14,17-18H2,1-10H3. The van der Waals surface area contributed by atoms with Gasteiger partial charge in [0.15, 0.2) is 16.6 Å². The van der Waals surface area contributed by atoms with Crippen molar-refractivity contribution in [1.29, 1.82) is 0 Å². The average Bonchev–Trinajstić information content (AvgIpc) is 2.19. The fraction of sp³-hybridized carbons (Fsp3) is 1.00. The Hall–Kier alpha value is 0.491. The summed E-state index contributed by atoms with van der Waals surface area (Å²) in [5, 5.41) is 0. The first-order chi connectivity index (χ1) is 9.83. The van der Waals surface area contributed by atoms with Crippen LogP contribution in [0.2, 0.25) is 51.4 Å². The van der Waals surface area contributed by atoms with Crippen molar-refractivity contribution in [2.24, 2.45) is 11.5 Å². The lowest BCUT2D eigenvalue weighted by molar-refractivity contribution is 0.377. The zero-order chi connectivity index (χ0) is 18.7. The first-order valence-corrected chi connectivity index (χ1v) is 17.9. The summed E-state index contributed by atoms with van der Waals surface area (Å²) in [5.41, 5.74) is 12.0. The molecule has 0 amide bonds. The highest BCUT2D eigenvalue weighted by Crippen LogP contribution is 2.28. The molecule has 7 heteroatoms. The molecule has 0 aliphatic carbocycles. The SMILES string of the molecule is CC(C)(N)CC[Si](C)(C)O[Si](C)(C)O[Si](C)(C)CCC(C)(C)N. The summed E-state index contributed by atoms with van der Waals surface area (Å²) in [6.07, 6.45) is 2.00. The molecule has 0 aromatic carbocycles. The minimum Gasteiger partial charge on any atom is -0.437 e. The maximum atomic E-state index is 6.59. The van der Waals surface area contributed by atoms with E-state index in [1.165, 1.54) is 0 Å². The molecule has 0 aromatic heterocycles. The van der Waals surface area contributed by atoms with E-state index in [0.29, 0.717) is 0 Å². The highest BCUT2D eigenvalue weighted by Gasteiger charge is 2.40. The van der Waals surface area contributed by atoms with Gasteiger partial charge in [0.1, 0.15) is 0 Å². The van der Waals surface area contributed by atoms with Gasteiger partial charge in [-0.25, -0.2) is 0 Å². The second-order valence-corrected chi connectivity index (χ2v) is 22.6. The fourth-order valence-electron chi connectivity index (χ4n) is 2.70. The second kappa shape index (κ2) is 7.80. The van der Waals surface area contributed by atoms with Crippen LogP contribution in [0.5, 0.6) is 0 Å². The van der Waals surface area contributed by atoms with E-state index in [1.807, 2.05) is 0 Å². The van der Waals surface area contributed by atoms with Crippen LogP contribution in [-0.2, 0) is 8.23 Å². The molecular formula is C16H42N2O2Si3. The monoisotopic (exact) mass is 378 g/mol. The predicted octanol–water partition coefficient (Wildman–Crippen LogP) is 4.39. The molecular weight excluding hydrogens is 336 g/mol. The van der Waals surface area contributed by atoms with E-state index >= 15 is 0 Å². The Balaban J connectivity index is 4.66. The summed E-state index contributed by atoms with van der Waals surface area (Å²) in [5.74, 6) is 0. The van der Waals surface area contributed by atoms with Gasteiger partial charge >= 0.3 is 8.56 Å². The lowest BCUT2D eigenvalue weighted by atomic mass is 10.0. The highest BCUT2D eigenvalue weighted by molar-refractivity contribution is 6.87. The largest absolute Gasteiger partial charge is 0.437 e. The molecule has 23 heavy (non-hydrogen) atoms. The summed E-state index contributed by atoms with van der Waals surface area (Å²) < 4.78 is 13.2. The van der Waals surface area contributed by atoms with Crippen molar-refractivity contribution >= 4 is 25.2 Å². The molecule has 0 saturated heterocycles. The Morgan fingerprint density at radius 1 is 0.652 bits per heavy atom. The molecule has 140 valence electrons. The number of hydrogen-bond donors (Lipinski definition) is 2. The maximum Gasteiger partial charge on any atom is 0.311 e. The second-order valence-electron chi connectivity index (χ2n) is 10.1. The van der Waals surface area contributed by atoms with Crippen LogP contribution in [-0.4, -0.2) is 36.3 Å². The molecule has 0 aromatic rings. The quantitative estimate of drug-likeness (QED) is 0.553. The van der Waals surface area contributed by atoms with Crippen molar-refractivity contribution < 1.29 is 8.23 Å². The molecule has 0 aliphatic heterocycles. The van der Waals surface area contributed by atoms with Gasteiger partial charge in [-0.2, -0.15) is 0 Å². The number of hydrogen-bond acceptors (Lipinski definition) is 4. The van der Waals surface area contributed by atoms with Gasteiger partial charge < -0.3 is 19.7 Å². The molecule has 0 saturated carbocycles. The van der Waals surface area contributed by atoms with Gasteiger partial charge in [0, 0.05) is 11.1 Å². The molecule has 4 nitrogen and oxygen atoms in total. The zero-order valence-electron chi connectivity index (χ0n) is 17.3. The smallest absolute Gasteiger partial charge is 0.311 e. The van der Waals surface area contributed by atoms with E-state index in [2.05, 4.69) is 67.0 Å². The van der Waals surface area contributed by atoms with Gasteiger partial charge in [-0.15, -0.1) is 0 Å². The highest BCUT2D eigenvalue weighted by atomic mass is 28.5. The zero-order valence-corrected chi connectivity index (χ0v) is 20.3. The summed E-state index contributed by atoms with van der Waals surface area (Å²) in [7, 11) is -5.63. The summed E-state index contributed by atoms with van der Waals surface area (Å²) in [6.45, 7) is 21.9. The van der Waals surface area contributed by atoms with Crippen molar-refractivity contribution in [3.8, 4) is 0 Å². The van der Waals surface area contributed by atoms with Crippen LogP contribution in [0, 0.1) is 0 Å². The average molecular weight is 379 g/mol. The fourth-order valence-corrected chi connectivity index (χ4v) is 17.2.